The highest BCUT2D eigenvalue weighted by molar-refractivity contribution is 5.85. The van der Waals surface area contributed by atoms with Crippen LogP contribution >= 0.6 is 12.4 Å². The van der Waals surface area contributed by atoms with Gasteiger partial charge in [0.25, 0.3) is 5.91 Å². The Bertz CT molecular complexity index is 275. The fraction of sp³-hybridized carbons (Fsp3) is 0.929. The van der Waals surface area contributed by atoms with Gasteiger partial charge in [0, 0.05) is 26.2 Å². The predicted octanol–water partition coefficient (Wildman–Crippen LogP) is 1.82. The van der Waals surface area contributed by atoms with E-state index in [0.29, 0.717) is 19.2 Å². The lowest BCUT2D eigenvalue weighted by Crippen LogP contribution is -2.51. The molecule has 19 heavy (non-hydrogen) atoms. The molecule has 1 atom stereocenters. The van der Waals surface area contributed by atoms with Gasteiger partial charge in [-0.05, 0) is 31.6 Å². The maximum atomic E-state index is 12.3. The van der Waals surface area contributed by atoms with Crippen LogP contribution in [0.15, 0.2) is 0 Å². The number of rotatable bonds is 3. The Morgan fingerprint density at radius 2 is 2.00 bits per heavy atom. The van der Waals surface area contributed by atoms with Crippen LogP contribution in [0.3, 0.4) is 0 Å². The second kappa shape index (κ2) is 8.08. The number of hydrogen-bond donors (Lipinski definition) is 1. The first kappa shape index (κ1) is 16.7. The van der Waals surface area contributed by atoms with E-state index in [1.165, 1.54) is 19.3 Å². The number of likely N-dealkylation sites (N-methyl/N-ethyl adjacent to an activating group) is 1. The first-order chi connectivity index (χ1) is 8.72. The summed E-state index contributed by atoms with van der Waals surface area (Å²) in [5.74, 6) is 1.03. The van der Waals surface area contributed by atoms with Gasteiger partial charge in [-0.15, -0.1) is 12.4 Å². The number of nitrogens with one attached hydrogen (secondary N) is 1. The number of carbonyl (C=O) groups excluding carboxylic acids is 1. The number of halogens is 1. The van der Waals surface area contributed by atoms with E-state index in [9.17, 15) is 4.79 Å². The summed E-state index contributed by atoms with van der Waals surface area (Å²) in [4.78, 5) is 14.2. The summed E-state index contributed by atoms with van der Waals surface area (Å²) in [5, 5.41) is 3.22. The Labute approximate surface area is 122 Å². The zero-order valence-corrected chi connectivity index (χ0v) is 12.9. The third-order valence-electron chi connectivity index (χ3n) is 4.49. The van der Waals surface area contributed by atoms with E-state index in [4.69, 9.17) is 4.74 Å². The molecule has 0 bridgehead atoms. The van der Waals surface area contributed by atoms with Crippen LogP contribution in [0.5, 0.6) is 0 Å². The molecule has 4 nitrogen and oxygen atoms in total. The highest BCUT2D eigenvalue weighted by Crippen LogP contribution is 2.29. The maximum Gasteiger partial charge on any atom is 0.253 e. The zero-order valence-electron chi connectivity index (χ0n) is 12.1. The molecule has 1 saturated carbocycles. The molecule has 0 aromatic rings. The van der Waals surface area contributed by atoms with Crippen molar-refractivity contribution in [2.75, 3.05) is 26.7 Å². The second-order valence-electron chi connectivity index (χ2n) is 5.60. The van der Waals surface area contributed by atoms with Crippen LogP contribution in [-0.2, 0) is 9.53 Å². The van der Waals surface area contributed by atoms with Gasteiger partial charge in [-0.3, -0.25) is 4.79 Å². The normalized spacial score (nSPS) is 31.4. The molecule has 1 amide bonds. The number of hydrogen-bond acceptors (Lipinski definition) is 3. The maximum absolute atomic E-state index is 12.3. The summed E-state index contributed by atoms with van der Waals surface area (Å²) in [7, 11) is 1.94. The van der Waals surface area contributed by atoms with Crippen molar-refractivity contribution in [1.29, 1.82) is 0 Å². The fourth-order valence-corrected chi connectivity index (χ4v) is 3.07. The molecule has 0 radical (unpaired) electrons. The van der Waals surface area contributed by atoms with Crippen molar-refractivity contribution >= 4 is 18.3 Å². The molecular weight excluding hydrogens is 264 g/mol. The molecule has 0 aromatic carbocycles. The summed E-state index contributed by atoms with van der Waals surface area (Å²) in [6.07, 6.45) is 5.85. The smallest absolute Gasteiger partial charge is 0.253 e. The minimum atomic E-state index is -0.271. The Morgan fingerprint density at radius 1 is 1.32 bits per heavy atom. The Kier molecular flexibility index (Phi) is 7.11. The molecule has 0 spiro atoms. The van der Waals surface area contributed by atoms with Gasteiger partial charge in [0.2, 0.25) is 0 Å². The van der Waals surface area contributed by atoms with Crippen LogP contribution in [0.25, 0.3) is 0 Å². The summed E-state index contributed by atoms with van der Waals surface area (Å²) >= 11 is 0. The third kappa shape index (κ3) is 4.33. The number of amides is 1. The molecule has 2 fully saturated rings. The van der Waals surface area contributed by atoms with Gasteiger partial charge in [-0.25, -0.2) is 0 Å². The van der Waals surface area contributed by atoms with Crippen LogP contribution in [0.1, 0.15) is 39.0 Å². The van der Waals surface area contributed by atoms with E-state index in [2.05, 4.69) is 12.2 Å². The molecule has 112 valence electrons. The lowest BCUT2D eigenvalue weighted by Gasteiger charge is -2.36. The van der Waals surface area contributed by atoms with Crippen LogP contribution < -0.4 is 5.32 Å². The topological polar surface area (TPSA) is 41.6 Å². The van der Waals surface area contributed by atoms with E-state index in [-0.39, 0.29) is 24.4 Å². The molecule has 1 N–H and O–H groups in total. The standard InChI is InChI=1S/C14H26N2O2.ClH/c1-3-11-4-6-12(7-5-11)16(2)14(17)13-10-15-8-9-18-13;/h11-13,15H,3-10H2,1-2H3;1H. The molecular formula is C14H27ClN2O2. The summed E-state index contributed by atoms with van der Waals surface area (Å²) in [6.45, 7) is 4.43. The monoisotopic (exact) mass is 290 g/mol. The lowest BCUT2D eigenvalue weighted by molar-refractivity contribution is -0.146. The van der Waals surface area contributed by atoms with E-state index in [1.54, 1.807) is 0 Å². The summed E-state index contributed by atoms with van der Waals surface area (Å²) < 4.78 is 5.54. The molecule has 1 aliphatic heterocycles. The number of carbonyl (C=O) groups is 1. The van der Waals surface area contributed by atoms with Crippen LogP contribution in [0.2, 0.25) is 0 Å². The molecule has 1 heterocycles. The second-order valence-corrected chi connectivity index (χ2v) is 5.60. The Balaban J connectivity index is 0.00000180. The van der Waals surface area contributed by atoms with Crippen molar-refractivity contribution < 1.29 is 9.53 Å². The third-order valence-corrected chi connectivity index (χ3v) is 4.49. The van der Waals surface area contributed by atoms with E-state index < -0.39 is 0 Å². The minimum absolute atomic E-state index is 0. The first-order valence-electron chi connectivity index (χ1n) is 7.31. The lowest BCUT2D eigenvalue weighted by atomic mass is 9.84. The summed E-state index contributed by atoms with van der Waals surface area (Å²) in [6, 6.07) is 0.422. The molecule has 1 saturated heterocycles. The molecule has 1 unspecified atom stereocenters. The molecule has 0 aromatic heterocycles. The van der Waals surface area contributed by atoms with Crippen molar-refractivity contribution in [3.05, 3.63) is 0 Å². The highest BCUT2D eigenvalue weighted by Gasteiger charge is 2.31. The SMILES string of the molecule is CCC1CCC(N(C)C(=O)C2CNCCO2)CC1.Cl. The van der Waals surface area contributed by atoms with Crippen molar-refractivity contribution in [2.45, 2.75) is 51.2 Å². The number of morpholine rings is 1. The largest absolute Gasteiger partial charge is 0.366 e. The van der Waals surface area contributed by atoms with Gasteiger partial charge in [0.05, 0.1) is 6.61 Å². The van der Waals surface area contributed by atoms with Gasteiger partial charge < -0.3 is 15.0 Å². The van der Waals surface area contributed by atoms with Crippen LogP contribution in [0, 0.1) is 5.92 Å². The van der Waals surface area contributed by atoms with Gasteiger partial charge in [-0.2, -0.15) is 0 Å². The average Bonchev–Trinajstić information content (AvgIpc) is 2.47. The van der Waals surface area contributed by atoms with Crippen molar-refractivity contribution in [3.8, 4) is 0 Å². The first-order valence-corrected chi connectivity index (χ1v) is 7.31. The Morgan fingerprint density at radius 3 is 2.53 bits per heavy atom. The van der Waals surface area contributed by atoms with Gasteiger partial charge >= 0.3 is 0 Å². The van der Waals surface area contributed by atoms with Crippen molar-refractivity contribution in [2.24, 2.45) is 5.92 Å². The summed E-state index contributed by atoms with van der Waals surface area (Å²) in [5.41, 5.74) is 0. The highest BCUT2D eigenvalue weighted by atomic mass is 35.5. The molecule has 2 rings (SSSR count). The number of nitrogens with zero attached hydrogens (tertiary/aromatic N) is 1. The molecule has 5 heteroatoms. The van der Waals surface area contributed by atoms with Crippen molar-refractivity contribution in [3.63, 3.8) is 0 Å². The average molecular weight is 291 g/mol. The molecule has 1 aliphatic carbocycles. The van der Waals surface area contributed by atoms with Gasteiger partial charge in [-0.1, -0.05) is 13.3 Å². The van der Waals surface area contributed by atoms with Crippen LogP contribution in [-0.4, -0.2) is 49.7 Å². The minimum Gasteiger partial charge on any atom is -0.366 e. The quantitative estimate of drug-likeness (QED) is 0.862. The van der Waals surface area contributed by atoms with E-state index >= 15 is 0 Å². The fourth-order valence-electron chi connectivity index (χ4n) is 3.07. The Hall–Kier alpha value is -0.320. The van der Waals surface area contributed by atoms with Gasteiger partial charge in [0.1, 0.15) is 6.10 Å². The predicted molar refractivity (Wildman–Crippen MR) is 78.7 cm³/mol. The van der Waals surface area contributed by atoms with Gasteiger partial charge in [0.15, 0.2) is 0 Å². The molecule has 2 aliphatic rings. The van der Waals surface area contributed by atoms with E-state index in [0.717, 1.165) is 25.3 Å². The number of ether oxygens (including phenoxy) is 1. The van der Waals surface area contributed by atoms with E-state index in [1.807, 2.05) is 11.9 Å². The zero-order chi connectivity index (χ0) is 13.0. The van der Waals surface area contributed by atoms with Crippen molar-refractivity contribution in [1.82, 2.24) is 10.2 Å². The van der Waals surface area contributed by atoms with Crippen LogP contribution in [0.4, 0.5) is 0 Å².